The number of rotatable bonds is 5. The molecule has 0 fully saturated rings. The molecule has 3 atom stereocenters. The van der Waals surface area contributed by atoms with Gasteiger partial charge in [0.2, 0.25) is 0 Å². The number of esters is 1. The molecule has 1 aliphatic rings. The van der Waals surface area contributed by atoms with E-state index in [1.165, 1.54) is 7.11 Å². The first-order chi connectivity index (χ1) is 10.2. The molecular formula is C16H20O5. The Bertz CT molecular complexity index is 497. The lowest BCUT2D eigenvalue weighted by atomic mass is 10.0. The van der Waals surface area contributed by atoms with Crippen molar-refractivity contribution in [3.8, 4) is 5.75 Å². The van der Waals surface area contributed by atoms with Gasteiger partial charge < -0.3 is 18.9 Å². The Morgan fingerprint density at radius 3 is 2.62 bits per heavy atom. The molecule has 0 radical (unpaired) electrons. The van der Waals surface area contributed by atoms with Gasteiger partial charge in [-0.15, -0.1) is 0 Å². The second-order valence-corrected chi connectivity index (χ2v) is 4.68. The van der Waals surface area contributed by atoms with Crippen molar-refractivity contribution in [2.75, 3.05) is 13.7 Å². The first kappa shape index (κ1) is 15.5. The van der Waals surface area contributed by atoms with Crippen LogP contribution in [0.2, 0.25) is 0 Å². The summed E-state index contributed by atoms with van der Waals surface area (Å²) in [4.78, 5) is 12.1. The Labute approximate surface area is 124 Å². The van der Waals surface area contributed by atoms with Crippen LogP contribution in [0.3, 0.4) is 0 Å². The summed E-state index contributed by atoms with van der Waals surface area (Å²) in [5.74, 6) is 0.219. The third-order valence-corrected chi connectivity index (χ3v) is 3.16. The fourth-order valence-electron chi connectivity index (χ4n) is 2.13. The predicted octanol–water partition coefficient (Wildman–Crippen LogP) is 2.31. The number of hydrogen-bond acceptors (Lipinski definition) is 5. The zero-order valence-corrected chi connectivity index (χ0v) is 12.4. The van der Waals surface area contributed by atoms with Gasteiger partial charge in [0.25, 0.3) is 0 Å². The van der Waals surface area contributed by atoms with Crippen LogP contribution in [0, 0.1) is 0 Å². The van der Waals surface area contributed by atoms with Crippen molar-refractivity contribution in [2.45, 2.75) is 32.3 Å². The van der Waals surface area contributed by atoms with E-state index in [0.717, 1.165) is 5.57 Å². The highest BCUT2D eigenvalue weighted by Crippen LogP contribution is 2.26. The first-order valence-electron chi connectivity index (χ1n) is 6.90. The second-order valence-electron chi connectivity index (χ2n) is 4.68. The van der Waals surface area contributed by atoms with Crippen LogP contribution in [-0.2, 0) is 19.0 Å². The van der Waals surface area contributed by atoms with Crippen LogP contribution >= 0.6 is 0 Å². The molecule has 1 aliphatic heterocycles. The van der Waals surface area contributed by atoms with E-state index in [2.05, 4.69) is 0 Å². The Balaban J connectivity index is 2.22. The SMILES string of the molecule is CCOC(=O)[C@@H]1O[C@@H](OC)C=C(C)[C@H]1Oc1ccccc1. The highest BCUT2D eigenvalue weighted by molar-refractivity contribution is 5.76. The Hall–Kier alpha value is -1.85. The highest BCUT2D eigenvalue weighted by atomic mass is 16.7. The lowest BCUT2D eigenvalue weighted by Gasteiger charge is -2.33. The summed E-state index contributed by atoms with van der Waals surface area (Å²) >= 11 is 0. The molecule has 1 aromatic carbocycles. The van der Waals surface area contributed by atoms with Crippen LogP contribution in [0.25, 0.3) is 0 Å². The molecule has 114 valence electrons. The smallest absolute Gasteiger partial charge is 0.339 e. The molecular weight excluding hydrogens is 272 g/mol. The van der Waals surface area contributed by atoms with Gasteiger partial charge in [0.15, 0.2) is 18.5 Å². The van der Waals surface area contributed by atoms with Gasteiger partial charge in [0.1, 0.15) is 5.75 Å². The van der Waals surface area contributed by atoms with Crippen molar-refractivity contribution in [1.29, 1.82) is 0 Å². The third-order valence-electron chi connectivity index (χ3n) is 3.16. The van der Waals surface area contributed by atoms with Crippen molar-refractivity contribution in [2.24, 2.45) is 0 Å². The number of ether oxygens (including phenoxy) is 4. The molecule has 0 saturated heterocycles. The van der Waals surface area contributed by atoms with Crippen molar-refractivity contribution in [3.63, 3.8) is 0 Å². The average molecular weight is 292 g/mol. The van der Waals surface area contributed by atoms with Crippen molar-refractivity contribution in [1.82, 2.24) is 0 Å². The summed E-state index contributed by atoms with van der Waals surface area (Å²) in [7, 11) is 1.52. The molecule has 0 saturated carbocycles. The number of benzene rings is 1. The van der Waals surface area contributed by atoms with Crippen LogP contribution in [0.5, 0.6) is 5.75 Å². The minimum atomic E-state index is -0.847. The average Bonchev–Trinajstić information content (AvgIpc) is 2.50. The molecule has 5 heteroatoms. The fraction of sp³-hybridized carbons (Fsp3) is 0.438. The fourth-order valence-corrected chi connectivity index (χ4v) is 2.13. The van der Waals surface area contributed by atoms with Crippen LogP contribution in [0.1, 0.15) is 13.8 Å². The van der Waals surface area contributed by atoms with Crippen molar-refractivity contribution < 1.29 is 23.7 Å². The number of hydrogen-bond donors (Lipinski definition) is 0. The molecule has 1 heterocycles. The molecule has 0 aliphatic carbocycles. The number of para-hydroxylation sites is 1. The van der Waals surface area contributed by atoms with Crippen LogP contribution < -0.4 is 4.74 Å². The topological polar surface area (TPSA) is 54.0 Å². The van der Waals surface area contributed by atoms with E-state index < -0.39 is 24.5 Å². The van der Waals surface area contributed by atoms with E-state index in [-0.39, 0.29) is 6.61 Å². The normalized spacial score (nSPS) is 25.1. The predicted molar refractivity (Wildman–Crippen MR) is 76.9 cm³/mol. The number of methoxy groups -OCH3 is 1. The Morgan fingerprint density at radius 2 is 2.00 bits per heavy atom. The lowest BCUT2D eigenvalue weighted by molar-refractivity contribution is -0.190. The van der Waals surface area contributed by atoms with Crippen LogP contribution in [-0.4, -0.2) is 38.2 Å². The molecule has 5 nitrogen and oxygen atoms in total. The molecule has 0 amide bonds. The van der Waals surface area contributed by atoms with E-state index in [9.17, 15) is 4.79 Å². The zero-order valence-electron chi connectivity index (χ0n) is 12.4. The third kappa shape index (κ3) is 3.83. The van der Waals surface area contributed by atoms with Crippen LogP contribution in [0.4, 0.5) is 0 Å². The van der Waals surface area contributed by atoms with Gasteiger partial charge in [0.05, 0.1) is 6.61 Å². The van der Waals surface area contributed by atoms with Gasteiger partial charge in [0, 0.05) is 7.11 Å². The zero-order chi connectivity index (χ0) is 15.2. The first-order valence-corrected chi connectivity index (χ1v) is 6.90. The molecule has 2 rings (SSSR count). The van der Waals surface area contributed by atoms with Crippen molar-refractivity contribution in [3.05, 3.63) is 42.0 Å². The maximum Gasteiger partial charge on any atom is 0.339 e. The van der Waals surface area contributed by atoms with Crippen LogP contribution in [0.15, 0.2) is 42.0 Å². The van der Waals surface area contributed by atoms with E-state index in [1.807, 2.05) is 37.3 Å². The molecule has 0 aromatic heterocycles. The summed E-state index contributed by atoms with van der Waals surface area (Å²) in [6, 6.07) is 9.30. The molecule has 0 bridgehead atoms. The summed E-state index contributed by atoms with van der Waals surface area (Å²) < 4.78 is 21.7. The minimum absolute atomic E-state index is 0.289. The van der Waals surface area contributed by atoms with Gasteiger partial charge >= 0.3 is 5.97 Å². The maximum atomic E-state index is 12.1. The van der Waals surface area contributed by atoms with Crippen molar-refractivity contribution >= 4 is 5.97 Å². The quantitative estimate of drug-likeness (QED) is 0.616. The van der Waals surface area contributed by atoms with Gasteiger partial charge in [-0.05, 0) is 37.6 Å². The standard InChI is InChI=1S/C16H20O5/c1-4-19-16(17)15-14(11(2)10-13(18-3)21-15)20-12-8-6-5-7-9-12/h5-10,13-15H,4H2,1-3H3/t13-,14-,15-/m1/s1. The lowest BCUT2D eigenvalue weighted by Crippen LogP contribution is -2.47. The molecule has 21 heavy (non-hydrogen) atoms. The summed E-state index contributed by atoms with van der Waals surface area (Å²) in [5.41, 5.74) is 0.870. The monoisotopic (exact) mass is 292 g/mol. The molecule has 1 aromatic rings. The number of carbonyl (C=O) groups is 1. The van der Waals surface area contributed by atoms with Gasteiger partial charge in [-0.25, -0.2) is 4.79 Å². The summed E-state index contributed by atoms with van der Waals surface area (Å²) in [6.45, 7) is 3.93. The Kier molecular flexibility index (Phi) is 5.36. The molecule has 0 N–H and O–H groups in total. The maximum absolute atomic E-state index is 12.1. The van der Waals surface area contributed by atoms with Gasteiger partial charge in [-0.1, -0.05) is 18.2 Å². The molecule has 0 spiro atoms. The summed E-state index contributed by atoms with van der Waals surface area (Å²) in [5, 5.41) is 0. The molecule has 0 unspecified atom stereocenters. The van der Waals surface area contributed by atoms with E-state index in [1.54, 1.807) is 13.0 Å². The summed E-state index contributed by atoms with van der Waals surface area (Å²) in [6.07, 6.45) is -0.156. The van der Waals surface area contributed by atoms with Gasteiger partial charge in [-0.2, -0.15) is 0 Å². The number of carbonyl (C=O) groups excluding carboxylic acids is 1. The van der Waals surface area contributed by atoms with E-state index in [4.69, 9.17) is 18.9 Å². The largest absolute Gasteiger partial charge is 0.483 e. The van der Waals surface area contributed by atoms with E-state index in [0.29, 0.717) is 5.75 Å². The minimum Gasteiger partial charge on any atom is -0.483 e. The van der Waals surface area contributed by atoms with Gasteiger partial charge in [-0.3, -0.25) is 0 Å². The van der Waals surface area contributed by atoms with E-state index >= 15 is 0 Å². The highest BCUT2D eigenvalue weighted by Gasteiger charge is 2.39. The second kappa shape index (κ2) is 7.24. The Morgan fingerprint density at radius 1 is 1.29 bits per heavy atom.